The molecule has 30 heavy (non-hydrogen) atoms. The highest BCUT2D eigenvalue weighted by atomic mass is 16.6. The highest BCUT2D eigenvalue weighted by Gasteiger charge is 2.36. The van der Waals surface area contributed by atoms with Crippen LogP contribution in [0.1, 0.15) is 42.2 Å². The molecule has 8 nitrogen and oxygen atoms in total. The minimum atomic E-state index is -0.419. The fourth-order valence-corrected chi connectivity index (χ4v) is 4.57. The highest BCUT2D eigenvalue weighted by molar-refractivity contribution is 5.95. The van der Waals surface area contributed by atoms with E-state index in [0.29, 0.717) is 43.3 Å². The van der Waals surface area contributed by atoms with Crippen molar-refractivity contribution in [3.8, 4) is 0 Å². The van der Waals surface area contributed by atoms with E-state index in [-0.39, 0.29) is 29.0 Å². The maximum Gasteiger partial charge on any atom is 0.293 e. The third-order valence-electron chi connectivity index (χ3n) is 5.93. The quantitative estimate of drug-likeness (QED) is 0.604. The zero-order valence-electron chi connectivity index (χ0n) is 17.2. The van der Waals surface area contributed by atoms with Gasteiger partial charge in [0.2, 0.25) is 0 Å². The molecule has 0 aliphatic carbocycles. The zero-order chi connectivity index (χ0) is 21.4. The van der Waals surface area contributed by atoms with Crippen LogP contribution in [0.25, 0.3) is 0 Å². The second kappa shape index (κ2) is 7.93. The first kappa shape index (κ1) is 20.1. The molecule has 1 aromatic heterocycles. The molecule has 0 unspecified atom stereocenters. The van der Waals surface area contributed by atoms with Crippen LogP contribution in [0.5, 0.6) is 0 Å². The zero-order valence-corrected chi connectivity index (χ0v) is 17.2. The fourth-order valence-electron chi connectivity index (χ4n) is 4.57. The molecule has 0 saturated carbocycles. The molecular formula is C22H26N4O4. The predicted octanol–water partition coefficient (Wildman–Crippen LogP) is 2.77. The summed E-state index contributed by atoms with van der Waals surface area (Å²) in [4.78, 5) is 38.0. The molecule has 0 radical (unpaired) electrons. The van der Waals surface area contributed by atoms with Crippen molar-refractivity contribution in [2.45, 2.75) is 32.7 Å². The summed E-state index contributed by atoms with van der Waals surface area (Å²) in [6.45, 7) is 6.39. The molecule has 3 heterocycles. The number of piperidine rings is 1. The first-order valence-electron chi connectivity index (χ1n) is 10.3. The van der Waals surface area contributed by atoms with Crippen LogP contribution in [0, 0.1) is 22.0 Å². The second-order valence-electron chi connectivity index (χ2n) is 8.67. The third-order valence-corrected chi connectivity index (χ3v) is 5.93. The van der Waals surface area contributed by atoms with E-state index < -0.39 is 4.92 Å². The van der Waals surface area contributed by atoms with E-state index in [2.05, 4.69) is 5.32 Å². The van der Waals surface area contributed by atoms with Gasteiger partial charge in [-0.3, -0.25) is 19.7 Å². The molecule has 0 spiro atoms. The molecule has 2 atom stereocenters. The van der Waals surface area contributed by atoms with Crippen molar-refractivity contribution in [1.82, 2.24) is 9.88 Å². The molecular weight excluding hydrogens is 384 g/mol. The number of pyridine rings is 1. The van der Waals surface area contributed by atoms with Crippen molar-refractivity contribution in [2.24, 2.45) is 11.8 Å². The number of nitro groups is 1. The molecule has 2 aliphatic rings. The molecule has 2 aromatic rings. The maximum atomic E-state index is 12.4. The van der Waals surface area contributed by atoms with Crippen LogP contribution >= 0.6 is 0 Å². The van der Waals surface area contributed by atoms with E-state index in [1.165, 1.54) is 6.07 Å². The lowest BCUT2D eigenvalue weighted by atomic mass is 9.83. The second-order valence-corrected chi connectivity index (χ2v) is 8.67. The lowest BCUT2D eigenvalue weighted by molar-refractivity contribution is -0.384. The van der Waals surface area contributed by atoms with Crippen LogP contribution in [0.2, 0.25) is 0 Å². The summed E-state index contributed by atoms with van der Waals surface area (Å²) in [7, 11) is 0. The highest BCUT2D eigenvalue weighted by Crippen LogP contribution is 2.39. The van der Waals surface area contributed by atoms with Crippen molar-refractivity contribution >= 4 is 17.3 Å². The van der Waals surface area contributed by atoms with Gasteiger partial charge in [0.25, 0.3) is 17.2 Å². The summed E-state index contributed by atoms with van der Waals surface area (Å²) < 4.78 is 1.84. The fraction of sp³-hybridized carbons (Fsp3) is 0.455. The van der Waals surface area contributed by atoms with Gasteiger partial charge >= 0.3 is 0 Å². The van der Waals surface area contributed by atoms with Crippen LogP contribution < -0.4 is 15.8 Å². The monoisotopic (exact) mass is 410 g/mol. The van der Waals surface area contributed by atoms with E-state index in [1.807, 2.05) is 29.4 Å². The number of rotatable bonds is 5. The number of nitrogens with zero attached hydrogens (tertiary/aromatic N) is 3. The molecule has 8 heteroatoms. The molecule has 2 bridgehead atoms. The lowest BCUT2D eigenvalue weighted by Gasteiger charge is -2.43. The normalized spacial score (nSPS) is 20.0. The number of hydrogen-bond acceptors (Lipinski definition) is 5. The van der Waals surface area contributed by atoms with Gasteiger partial charge in [0, 0.05) is 55.5 Å². The number of fused-ring (bicyclic) bond motifs is 4. The molecule has 158 valence electrons. The van der Waals surface area contributed by atoms with Gasteiger partial charge in [-0.15, -0.1) is 0 Å². The average Bonchev–Trinajstić information content (AvgIpc) is 2.72. The molecule has 1 N–H and O–H groups in total. The van der Waals surface area contributed by atoms with Crippen molar-refractivity contribution < 1.29 is 9.72 Å². The van der Waals surface area contributed by atoms with Crippen molar-refractivity contribution in [2.75, 3.05) is 24.5 Å². The van der Waals surface area contributed by atoms with Gasteiger partial charge in [0.05, 0.1) is 4.92 Å². The summed E-state index contributed by atoms with van der Waals surface area (Å²) in [5.74, 6) is 0.401. The number of hydrogen-bond donors (Lipinski definition) is 1. The van der Waals surface area contributed by atoms with Crippen LogP contribution in [-0.2, 0) is 6.54 Å². The summed E-state index contributed by atoms with van der Waals surface area (Å²) in [6, 6.07) is 10.0. The number of amides is 1. The summed E-state index contributed by atoms with van der Waals surface area (Å²) >= 11 is 0. The Labute approximate surface area is 174 Å². The number of benzene rings is 1. The first-order valence-corrected chi connectivity index (χ1v) is 10.3. The van der Waals surface area contributed by atoms with Gasteiger partial charge in [0.15, 0.2) is 0 Å². The Morgan fingerprint density at radius 2 is 2.03 bits per heavy atom. The van der Waals surface area contributed by atoms with Crippen LogP contribution in [0.15, 0.2) is 41.2 Å². The Bertz CT molecular complexity index is 1050. The van der Waals surface area contributed by atoms with Gasteiger partial charge in [-0.2, -0.15) is 0 Å². The van der Waals surface area contributed by atoms with Gasteiger partial charge in [0.1, 0.15) is 5.69 Å². The number of anilines is 1. The summed E-state index contributed by atoms with van der Waals surface area (Å²) in [5, 5.41) is 14.6. The van der Waals surface area contributed by atoms with Gasteiger partial charge in [-0.05, 0) is 36.5 Å². The molecule has 1 fully saturated rings. The van der Waals surface area contributed by atoms with E-state index in [1.54, 1.807) is 24.3 Å². The Balaban J connectivity index is 1.62. The van der Waals surface area contributed by atoms with E-state index >= 15 is 0 Å². The molecule has 4 rings (SSSR count). The number of nitrogens with one attached hydrogen (secondary N) is 1. The van der Waals surface area contributed by atoms with Crippen LogP contribution in [0.3, 0.4) is 0 Å². The van der Waals surface area contributed by atoms with Gasteiger partial charge in [-0.1, -0.05) is 19.9 Å². The van der Waals surface area contributed by atoms with Crippen LogP contribution in [0.4, 0.5) is 11.4 Å². The first-order chi connectivity index (χ1) is 14.3. The standard InChI is InChI=1S/C22H26N4O4/c1-14(2)10-23-22(28)16-6-7-19(20(9-16)26(29)30)24-11-15-8-17(13-24)18-4-3-5-21(27)25(18)12-15/h3-7,9,14-15,17H,8,10-13H2,1-2H3,(H,23,28)/t15-,17+/m1/s1. The Hall–Kier alpha value is -3.16. The van der Waals surface area contributed by atoms with Crippen molar-refractivity contribution in [1.29, 1.82) is 0 Å². The number of aromatic nitrogens is 1. The molecule has 2 aliphatic heterocycles. The smallest absolute Gasteiger partial charge is 0.293 e. The van der Waals surface area contributed by atoms with Crippen molar-refractivity contribution in [3.63, 3.8) is 0 Å². The van der Waals surface area contributed by atoms with Gasteiger partial charge < -0.3 is 14.8 Å². The summed E-state index contributed by atoms with van der Waals surface area (Å²) in [5.41, 5.74) is 1.77. The topological polar surface area (TPSA) is 97.5 Å². The minimum Gasteiger partial charge on any atom is -0.365 e. The largest absolute Gasteiger partial charge is 0.365 e. The molecule has 1 saturated heterocycles. The maximum absolute atomic E-state index is 12.4. The molecule has 1 aromatic carbocycles. The number of carbonyl (C=O) groups excluding carboxylic acids is 1. The number of nitro benzene ring substituents is 1. The van der Waals surface area contributed by atoms with E-state index in [4.69, 9.17) is 0 Å². The summed E-state index contributed by atoms with van der Waals surface area (Å²) in [6.07, 6.45) is 0.976. The van der Waals surface area contributed by atoms with Crippen LogP contribution in [-0.4, -0.2) is 35.0 Å². The Morgan fingerprint density at radius 3 is 2.77 bits per heavy atom. The van der Waals surface area contributed by atoms with Crippen molar-refractivity contribution in [3.05, 3.63) is 68.1 Å². The molecule has 1 amide bonds. The Morgan fingerprint density at radius 1 is 1.23 bits per heavy atom. The predicted molar refractivity (Wildman–Crippen MR) is 114 cm³/mol. The van der Waals surface area contributed by atoms with E-state index in [9.17, 15) is 19.7 Å². The van der Waals surface area contributed by atoms with E-state index in [0.717, 1.165) is 12.1 Å². The minimum absolute atomic E-state index is 0.0124. The third kappa shape index (κ3) is 3.81. The lowest BCUT2D eigenvalue weighted by Crippen LogP contribution is -2.47. The Kier molecular flexibility index (Phi) is 5.32. The van der Waals surface area contributed by atoms with Gasteiger partial charge in [-0.25, -0.2) is 0 Å². The SMILES string of the molecule is CC(C)CNC(=O)c1ccc(N2C[C@H]3C[C@@H](C2)c2cccc(=O)n2C3)c([N+](=O)[O-])c1. The average molecular weight is 410 g/mol. The number of carbonyl (C=O) groups is 1.